The molecule has 1 amide bonds. The van der Waals surface area contributed by atoms with Crippen molar-refractivity contribution in [3.8, 4) is 17.1 Å². The van der Waals surface area contributed by atoms with Crippen molar-refractivity contribution in [1.82, 2.24) is 15.5 Å². The van der Waals surface area contributed by atoms with E-state index in [0.29, 0.717) is 17.5 Å². The molecule has 2 aromatic carbocycles. The summed E-state index contributed by atoms with van der Waals surface area (Å²) in [5, 5.41) is 6.56. The molecule has 0 aliphatic carbocycles. The van der Waals surface area contributed by atoms with Gasteiger partial charge in [0.25, 0.3) is 0 Å². The minimum atomic E-state index is -0.224. The first-order valence-electron chi connectivity index (χ1n) is 8.12. The van der Waals surface area contributed by atoms with Crippen molar-refractivity contribution in [3.63, 3.8) is 0 Å². The standard InChI is InChI=1S/C19H19N3O3S/c1-13(26-16-9-4-3-5-10-16)19(23)20-12-17-21-18(22-25-17)14-7-6-8-15(11-14)24-2/h3-11,13H,12H2,1-2H3,(H,20,23)/t13-/m0/s1. The Morgan fingerprint density at radius 2 is 2.04 bits per heavy atom. The average Bonchev–Trinajstić information content (AvgIpc) is 3.16. The number of rotatable bonds is 7. The van der Waals surface area contributed by atoms with Crippen molar-refractivity contribution in [1.29, 1.82) is 0 Å². The van der Waals surface area contributed by atoms with E-state index in [2.05, 4.69) is 15.5 Å². The van der Waals surface area contributed by atoms with E-state index < -0.39 is 0 Å². The molecule has 1 atom stereocenters. The molecule has 7 heteroatoms. The average molecular weight is 369 g/mol. The number of thioether (sulfide) groups is 1. The summed E-state index contributed by atoms with van der Waals surface area (Å²) in [5.74, 6) is 1.45. The fourth-order valence-corrected chi connectivity index (χ4v) is 3.18. The Bertz CT molecular complexity index is 867. The van der Waals surface area contributed by atoms with Crippen LogP contribution in [0.15, 0.2) is 64.0 Å². The Morgan fingerprint density at radius 1 is 1.23 bits per heavy atom. The van der Waals surface area contributed by atoms with Crippen molar-refractivity contribution in [2.75, 3.05) is 7.11 Å². The van der Waals surface area contributed by atoms with E-state index in [1.807, 2.05) is 61.5 Å². The van der Waals surface area contributed by atoms with Crippen molar-refractivity contribution in [2.45, 2.75) is 23.6 Å². The SMILES string of the molecule is COc1cccc(-c2noc(CNC(=O)[C@H](C)Sc3ccccc3)n2)c1. The van der Waals surface area contributed by atoms with E-state index in [4.69, 9.17) is 9.26 Å². The first-order valence-corrected chi connectivity index (χ1v) is 9.00. The van der Waals surface area contributed by atoms with Gasteiger partial charge < -0.3 is 14.6 Å². The molecule has 0 aliphatic rings. The van der Waals surface area contributed by atoms with Gasteiger partial charge in [-0.2, -0.15) is 4.98 Å². The van der Waals surface area contributed by atoms with Gasteiger partial charge in [-0.15, -0.1) is 11.8 Å². The highest BCUT2D eigenvalue weighted by atomic mass is 32.2. The molecule has 1 N–H and O–H groups in total. The number of aromatic nitrogens is 2. The van der Waals surface area contributed by atoms with Crippen molar-refractivity contribution >= 4 is 17.7 Å². The Kier molecular flexibility index (Phi) is 5.91. The third-order valence-corrected chi connectivity index (χ3v) is 4.75. The van der Waals surface area contributed by atoms with Gasteiger partial charge in [0, 0.05) is 10.5 Å². The Hall–Kier alpha value is -2.80. The summed E-state index contributed by atoms with van der Waals surface area (Å²) in [7, 11) is 1.60. The molecule has 1 heterocycles. The van der Waals surface area contributed by atoms with Crippen LogP contribution >= 0.6 is 11.8 Å². The van der Waals surface area contributed by atoms with Crippen molar-refractivity contribution in [2.24, 2.45) is 0 Å². The number of hydrogen-bond acceptors (Lipinski definition) is 6. The van der Waals surface area contributed by atoms with Crippen LogP contribution in [-0.4, -0.2) is 28.4 Å². The highest BCUT2D eigenvalue weighted by molar-refractivity contribution is 8.00. The maximum absolute atomic E-state index is 12.2. The van der Waals surface area contributed by atoms with Gasteiger partial charge in [-0.05, 0) is 31.2 Å². The Balaban J connectivity index is 1.56. The lowest BCUT2D eigenvalue weighted by atomic mass is 10.2. The van der Waals surface area contributed by atoms with E-state index in [-0.39, 0.29) is 17.7 Å². The summed E-state index contributed by atoms with van der Waals surface area (Å²) in [4.78, 5) is 17.6. The second-order valence-electron chi connectivity index (χ2n) is 5.53. The van der Waals surface area contributed by atoms with Gasteiger partial charge in [0.2, 0.25) is 17.6 Å². The van der Waals surface area contributed by atoms with Crippen LogP contribution in [0.2, 0.25) is 0 Å². The predicted octanol–water partition coefficient (Wildman–Crippen LogP) is 3.54. The third-order valence-electron chi connectivity index (χ3n) is 3.64. The summed E-state index contributed by atoms with van der Waals surface area (Å²) >= 11 is 1.50. The third kappa shape index (κ3) is 4.64. The van der Waals surface area contributed by atoms with E-state index in [1.54, 1.807) is 7.11 Å². The second-order valence-corrected chi connectivity index (χ2v) is 6.95. The number of ether oxygens (including phenoxy) is 1. The molecule has 0 fully saturated rings. The van der Waals surface area contributed by atoms with Gasteiger partial charge >= 0.3 is 0 Å². The predicted molar refractivity (Wildman–Crippen MR) is 99.9 cm³/mol. The Labute approximate surface area is 156 Å². The first-order chi connectivity index (χ1) is 12.7. The number of nitrogens with zero attached hydrogens (tertiary/aromatic N) is 2. The molecule has 0 spiro atoms. The van der Waals surface area contributed by atoms with Crippen LogP contribution in [0, 0.1) is 0 Å². The molecule has 0 bridgehead atoms. The number of benzene rings is 2. The molecule has 3 aromatic rings. The summed E-state index contributed by atoms with van der Waals surface area (Å²) in [6, 6.07) is 17.2. The molecule has 0 saturated heterocycles. The molecule has 134 valence electrons. The molecule has 0 saturated carbocycles. The number of hydrogen-bond donors (Lipinski definition) is 1. The quantitative estimate of drug-likeness (QED) is 0.642. The lowest BCUT2D eigenvalue weighted by molar-refractivity contribution is -0.120. The molecular formula is C19H19N3O3S. The number of amides is 1. The van der Waals surface area contributed by atoms with Crippen LogP contribution in [0.5, 0.6) is 5.75 Å². The summed E-state index contributed by atoms with van der Waals surface area (Å²) in [6.07, 6.45) is 0. The van der Waals surface area contributed by atoms with Crippen LogP contribution in [0.4, 0.5) is 0 Å². The summed E-state index contributed by atoms with van der Waals surface area (Å²) in [6.45, 7) is 2.05. The smallest absolute Gasteiger partial charge is 0.246 e. The van der Waals surface area contributed by atoms with Gasteiger partial charge in [-0.3, -0.25) is 4.79 Å². The second kappa shape index (κ2) is 8.53. The maximum atomic E-state index is 12.2. The van der Waals surface area contributed by atoms with Gasteiger partial charge in [0.1, 0.15) is 5.75 Å². The minimum absolute atomic E-state index is 0.0833. The maximum Gasteiger partial charge on any atom is 0.246 e. The number of methoxy groups -OCH3 is 1. The largest absolute Gasteiger partial charge is 0.497 e. The molecule has 0 unspecified atom stereocenters. The molecule has 0 radical (unpaired) electrons. The highest BCUT2D eigenvalue weighted by Gasteiger charge is 2.16. The zero-order valence-corrected chi connectivity index (χ0v) is 15.3. The Morgan fingerprint density at radius 3 is 2.81 bits per heavy atom. The van der Waals surface area contributed by atoms with Crippen molar-refractivity contribution < 1.29 is 14.1 Å². The van der Waals surface area contributed by atoms with Crippen LogP contribution in [0.3, 0.4) is 0 Å². The van der Waals surface area contributed by atoms with Crippen molar-refractivity contribution in [3.05, 3.63) is 60.5 Å². The van der Waals surface area contributed by atoms with E-state index in [9.17, 15) is 4.79 Å². The first kappa shape index (κ1) is 18.0. The van der Waals surface area contributed by atoms with Crippen LogP contribution < -0.4 is 10.1 Å². The molecular weight excluding hydrogens is 350 g/mol. The molecule has 26 heavy (non-hydrogen) atoms. The molecule has 0 aliphatic heterocycles. The molecule has 3 rings (SSSR count). The van der Waals surface area contributed by atoms with Gasteiger partial charge in [0.15, 0.2) is 0 Å². The lowest BCUT2D eigenvalue weighted by Gasteiger charge is -2.10. The zero-order chi connectivity index (χ0) is 18.4. The van der Waals surface area contributed by atoms with Crippen LogP contribution in [0.25, 0.3) is 11.4 Å². The summed E-state index contributed by atoms with van der Waals surface area (Å²) in [5.41, 5.74) is 0.790. The van der Waals surface area contributed by atoms with Crippen LogP contribution in [0.1, 0.15) is 12.8 Å². The summed E-state index contributed by atoms with van der Waals surface area (Å²) < 4.78 is 10.4. The van der Waals surface area contributed by atoms with E-state index >= 15 is 0 Å². The monoisotopic (exact) mass is 369 g/mol. The van der Waals surface area contributed by atoms with E-state index in [1.165, 1.54) is 11.8 Å². The minimum Gasteiger partial charge on any atom is -0.497 e. The topological polar surface area (TPSA) is 77.3 Å². The van der Waals surface area contributed by atoms with Gasteiger partial charge in [-0.1, -0.05) is 35.5 Å². The van der Waals surface area contributed by atoms with E-state index in [0.717, 1.165) is 10.5 Å². The normalized spacial score (nSPS) is 11.8. The fraction of sp³-hybridized carbons (Fsp3) is 0.211. The molecule has 6 nitrogen and oxygen atoms in total. The number of carbonyl (C=O) groups is 1. The fourth-order valence-electron chi connectivity index (χ4n) is 2.27. The molecule has 1 aromatic heterocycles. The van der Waals surface area contributed by atoms with Gasteiger partial charge in [0.05, 0.1) is 18.9 Å². The van der Waals surface area contributed by atoms with Crippen LogP contribution in [-0.2, 0) is 11.3 Å². The lowest BCUT2D eigenvalue weighted by Crippen LogP contribution is -2.30. The van der Waals surface area contributed by atoms with Gasteiger partial charge in [-0.25, -0.2) is 0 Å². The number of carbonyl (C=O) groups excluding carboxylic acids is 1. The highest BCUT2D eigenvalue weighted by Crippen LogP contribution is 2.23. The number of nitrogens with one attached hydrogen (secondary N) is 1. The zero-order valence-electron chi connectivity index (χ0n) is 14.5.